The van der Waals surface area contributed by atoms with E-state index in [1.165, 1.54) is 148 Å². The zero-order chi connectivity index (χ0) is 41.4. The van der Waals surface area contributed by atoms with E-state index in [9.17, 15) is 19.0 Å². The quantitative estimate of drug-likeness (QED) is 0.0213. The van der Waals surface area contributed by atoms with Gasteiger partial charge in [-0.25, -0.2) is 4.57 Å². The van der Waals surface area contributed by atoms with E-state index in [4.69, 9.17) is 18.5 Å². The molecule has 2 atom stereocenters. The van der Waals surface area contributed by atoms with Gasteiger partial charge < -0.3 is 18.9 Å². The fraction of sp³-hybridized carbons (Fsp3) is 0.913. The van der Waals surface area contributed by atoms with Crippen LogP contribution >= 0.6 is 7.82 Å². The molecule has 0 aromatic carbocycles. The molecule has 1 N–H and O–H groups in total. The van der Waals surface area contributed by atoms with Gasteiger partial charge in [0.25, 0.3) is 0 Å². The van der Waals surface area contributed by atoms with Gasteiger partial charge in [0.1, 0.15) is 19.8 Å². The Morgan fingerprint density at radius 3 is 1.38 bits per heavy atom. The Labute approximate surface area is 346 Å². The number of nitrogens with zero attached hydrogens (tertiary/aromatic N) is 1. The third kappa shape index (κ3) is 42.4. The van der Waals surface area contributed by atoms with Crippen molar-refractivity contribution >= 4 is 19.8 Å². The Morgan fingerprint density at radius 2 is 0.929 bits per heavy atom. The van der Waals surface area contributed by atoms with Gasteiger partial charge in [-0.3, -0.25) is 18.6 Å². The first-order chi connectivity index (χ1) is 27.0. The van der Waals surface area contributed by atoms with Gasteiger partial charge in [0.15, 0.2) is 6.10 Å². The predicted octanol–water partition coefficient (Wildman–Crippen LogP) is 13.4. The summed E-state index contributed by atoms with van der Waals surface area (Å²) in [5.41, 5.74) is 0. The topological polar surface area (TPSA) is 108 Å². The summed E-state index contributed by atoms with van der Waals surface area (Å²) in [6, 6.07) is 0. The molecule has 0 aliphatic rings. The number of rotatable bonds is 43. The summed E-state index contributed by atoms with van der Waals surface area (Å²) in [5, 5.41) is 0. The molecule has 0 heterocycles. The molecule has 0 saturated heterocycles. The Kier molecular flexibility index (Phi) is 38.3. The van der Waals surface area contributed by atoms with Gasteiger partial charge in [-0.15, -0.1) is 0 Å². The SMILES string of the molecule is CCCC/C=C/CCCCCCCCCCCC(=O)O[C@H](COC(=O)CCCCCCCCCCCCCCCCCCC)COP(=O)(O)OCC[N+](C)(C)C. The number of quaternary nitrogens is 1. The summed E-state index contributed by atoms with van der Waals surface area (Å²) in [7, 11) is 1.49. The first-order valence-corrected chi connectivity index (χ1v) is 24.9. The minimum atomic E-state index is -4.37. The molecule has 0 saturated carbocycles. The van der Waals surface area contributed by atoms with Crippen LogP contribution in [0.2, 0.25) is 0 Å². The van der Waals surface area contributed by atoms with Crippen molar-refractivity contribution in [2.75, 3.05) is 47.5 Å². The zero-order valence-corrected chi connectivity index (χ0v) is 38.3. The molecule has 9 nitrogen and oxygen atoms in total. The minimum absolute atomic E-state index is 0.0346. The Balaban J connectivity index is 4.28. The van der Waals surface area contributed by atoms with E-state index >= 15 is 0 Å². The molecule has 56 heavy (non-hydrogen) atoms. The third-order valence-corrected chi connectivity index (χ3v) is 11.3. The number of likely N-dealkylation sites (N-methyl/N-ethyl adjacent to an activating group) is 1. The van der Waals surface area contributed by atoms with Crippen LogP contribution in [0.1, 0.15) is 219 Å². The first-order valence-electron chi connectivity index (χ1n) is 23.4. The molecule has 1 unspecified atom stereocenters. The number of esters is 2. The lowest BCUT2D eigenvalue weighted by Gasteiger charge is -2.24. The molecule has 0 aliphatic carbocycles. The van der Waals surface area contributed by atoms with Crippen molar-refractivity contribution < 1.29 is 42.1 Å². The monoisotopic (exact) mass is 817 g/mol. The fourth-order valence-corrected chi connectivity index (χ4v) is 7.33. The maximum atomic E-state index is 12.7. The number of allylic oxidation sites excluding steroid dienone is 2. The van der Waals surface area contributed by atoms with Gasteiger partial charge in [-0.2, -0.15) is 0 Å². The van der Waals surface area contributed by atoms with Crippen LogP contribution in [0.3, 0.4) is 0 Å². The number of unbranched alkanes of at least 4 members (excludes halogenated alkanes) is 27. The molecule has 0 aromatic rings. The van der Waals surface area contributed by atoms with E-state index in [1.807, 2.05) is 21.1 Å². The van der Waals surface area contributed by atoms with Gasteiger partial charge in [0, 0.05) is 12.8 Å². The van der Waals surface area contributed by atoms with Crippen LogP contribution in [0.5, 0.6) is 0 Å². The number of carbonyl (C=O) groups excluding carboxylic acids is 2. The average molecular weight is 817 g/mol. The smallest absolute Gasteiger partial charge is 0.462 e. The highest BCUT2D eigenvalue weighted by atomic mass is 31.2. The lowest BCUT2D eigenvalue weighted by atomic mass is 10.0. The highest BCUT2D eigenvalue weighted by Gasteiger charge is 2.27. The Bertz CT molecular complexity index is 969. The van der Waals surface area contributed by atoms with Gasteiger partial charge in [-0.1, -0.05) is 187 Å². The van der Waals surface area contributed by atoms with Crippen molar-refractivity contribution in [3.05, 3.63) is 12.2 Å². The van der Waals surface area contributed by atoms with Crippen LogP contribution in [-0.2, 0) is 32.7 Å². The number of hydrogen-bond donors (Lipinski definition) is 1. The number of phosphoric ester groups is 1. The largest absolute Gasteiger partial charge is 0.472 e. The van der Waals surface area contributed by atoms with Crippen LogP contribution in [0.25, 0.3) is 0 Å². The van der Waals surface area contributed by atoms with E-state index in [-0.39, 0.29) is 25.6 Å². The second-order valence-corrected chi connectivity index (χ2v) is 18.6. The van der Waals surface area contributed by atoms with Gasteiger partial charge >= 0.3 is 19.8 Å². The number of hydrogen-bond acceptors (Lipinski definition) is 7. The summed E-state index contributed by atoms with van der Waals surface area (Å²) in [5.74, 6) is -0.789. The molecule has 0 aromatic heterocycles. The molecule has 0 radical (unpaired) electrons. The van der Waals surface area contributed by atoms with E-state index in [0.29, 0.717) is 23.9 Å². The summed E-state index contributed by atoms with van der Waals surface area (Å²) < 4.78 is 34.4. The molecule has 0 rings (SSSR count). The molecule has 332 valence electrons. The maximum Gasteiger partial charge on any atom is 0.472 e. The lowest BCUT2D eigenvalue weighted by molar-refractivity contribution is -0.870. The summed E-state index contributed by atoms with van der Waals surface area (Å²) in [6.45, 7) is 4.43. The van der Waals surface area contributed by atoms with Crippen molar-refractivity contribution in [3.63, 3.8) is 0 Å². The molecule has 0 fully saturated rings. The highest BCUT2D eigenvalue weighted by Crippen LogP contribution is 2.43. The molecule has 0 spiro atoms. The average Bonchev–Trinajstić information content (AvgIpc) is 3.15. The normalized spacial score (nSPS) is 13.6. The van der Waals surface area contributed by atoms with Gasteiger partial charge in [0.2, 0.25) is 0 Å². The van der Waals surface area contributed by atoms with E-state index in [0.717, 1.165) is 38.5 Å². The summed E-state index contributed by atoms with van der Waals surface area (Å²) in [6.07, 6.45) is 41.1. The predicted molar refractivity (Wildman–Crippen MR) is 234 cm³/mol. The standard InChI is InChI=1S/C46H90NO8P/c1-6-8-10-12-14-16-18-20-22-23-25-26-28-30-32-34-36-38-45(48)52-42-44(43-54-56(50,51)53-41-40-47(3,4)5)55-46(49)39-37-35-33-31-29-27-24-21-19-17-15-13-11-9-7-2/h13,15,44H,6-12,14,16-43H2,1-5H3/p+1/b15-13+/t44-/m1/s1. The Morgan fingerprint density at radius 1 is 0.536 bits per heavy atom. The van der Waals surface area contributed by atoms with E-state index in [1.54, 1.807) is 0 Å². The van der Waals surface area contributed by atoms with Crippen LogP contribution < -0.4 is 0 Å². The van der Waals surface area contributed by atoms with Crippen molar-refractivity contribution in [3.8, 4) is 0 Å². The van der Waals surface area contributed by atoms with Gasteiger partial charge in [0.05, 0.1) is 27.7 Å². The number of ether oxygens (including phenoxy) is 2. The summed E-state index contributed by atoms with van der Waals surface area (Å²) in [4.78, 5) is 35.4. The maximum absolute atomic E-state index is 12.7. The minimum Gasteiger partial charge on any atom is -0.462 e. The molecule has 0 amide bonds. The third-order valence-electron chi connectivity index (χ3n) is 10.3. The van der Waals surface area contributed by atoms with Crippen molar-refractivity contribution in [2.45, 2.75) is 225 Å². The van der Waals surface area contributed by atoms with Crippen LogP contribution in [0.15, 0.2) is 12.2 Å². The highest BCUT2D eigenvalue weighted by molar-refractivity contribution is 7.47. The van der Waals surface area contributed by atoms with Crippen LogP contribution in [-0.4, -0.2) is 74.9 Å². The van der Waals surface area contributed by atoms with Crippen LogP contribution in [0.4, 0.5) is 0 Å². The number of carbonyl (C=O) groups is 2. The van der Waals surface area contributed by atoms with E-state index < -0.39 is 26.5 Å². The fourth-order valence-electron chi connectivity index (χ4n) is 6.58. The number of phosphoric acid groups is 1. The van der Waals surface area contributed by atoms with Gasteiger partial charge in [-0.05, 0) is 32.1 Å². The summed E-state index contributed by atoms with van der Waals surface area (Å²) >= 11 is 0. The second kappa shape index (κ2) is 39.2. The second-order valence-electron chi connectivity index (χ2n) is 17.1. The molecule has 0 bridgehead atoms. The van der Waals surface area contributed by atoms with Crippen molar-refractivity contribution in [1.29, 1.82) is 0 Å². The Hall–Kier alpha value is -1.25. The van der Waals surface area contributed by atoms with Crippen LogP contribution in [0, 0.1) is 0 Å². The lowest BCUT2D eigenvalue weighted by Crippen LogP contribution is -2.37. The first kappa shape index (κ1) is 54.8. The molecule has 10 heteroatoms. The zero-order valence-electron chi connectivity index (χ0n) is 37.4. The van der Waals surface area contributed by atoms with Crippen molar-refractivity contribution in [1.82, 2.24) is 0 Å². The molecular weight excluding hydrogens is 725 g/mol. The van der Waals surface area contributed by atoms with Crippen molar-refractivity contribution in [2.24, 2.45) is 0 Å². The van der Waals surface area contributed by atoms with E-state index in [2.05, 4.69) is 26.0 Å². The molecular formula is C46H91NO8P+. The molecule has 0 aliphatic heterocycles.